The van der Waals surface area contributed by atoms with E-state index in [2.05, 4.69) is 25.8 Å². The number of para-hydroxylation sites is 1. The van der Waals surface area contributed by atoms with Gasteiger partial charge in [0.05, 0.1) is 10.6 Å². The van der Waals surface area contributed by atoms with Crippen LogP contribution in [-0.2, 0) is 9.84 Å². The Hall–Kier alpha value is -4.04. The van der Waals surface area contributed by atoms with Crippen molar-refractivity contribution in [2.24, 2.45) is 5.10 Å². The van der Waals surface area contributed by atoms with Crippen LogP contribution in [0, 0.1) is 0 Å². The number of hydrogen-bond donors (Lipinski definition) is 2. The summed E-state index contributed by atoms with van der Waals surface area (Å²) in [7, 11) is -3.25. The monoisotopic (exact) mass is 457 g/mol. The Bertz CT molecular complexity index is 1370. The Morgan fingerprint density at radius 3 is 2.15 bits per heavy atom. The molecule has 0 atom stereocenters. The van der Waals surface area contributed by atoms with Crippen LogP contribution in [0.2, 0.25) is 0 Å². The molecule has 4 rings (SSSR count). The molecule has 0 amide bonds. The highest BCUT2D eigenvalue weighted by atomic mass is 32.2. The molecule has 0 aliphatic rings. The summed E-state index contributed by atoms with van der Waals surface area (Å²) in [5.41, 5.74) is 7.18. The fraction of sp³-hybridized carbons (Fsp3) is 0.0800. The third kappa shape index (κ3) is 5.61. The summed E-state index contributed by atoms with van der Waals surface area (Å²) >= 11 is 0. The van der Waals surface area contributed by atoms with Crippen LogP contribution in [-0.4, -0.2) is 30.4 Å². The third-order valence-electron chi connectivity index (χ3n) is 4.93. The van der Waals surface area contributed by atoms with Gasteiger partial charge in [-0.15, -0.1) is 0 Å². The largest absolute Gasteiger partial charge is 0.324 e. The summed E-state index contributed by atoms with van der Waals surface area (Å²) in [4.78, 5) is 9.37. The molecule has 0 saturated heterocycles. The summed E-state index contributed by atoms with van der Waals surface area (Å²) in [5.74, 6) is 0.982. The van der Waals surface area contributed by atoms with E-state index in [9.17, 15) is 8.42 Å². The first-order valence-electron chi connectivity index (χ1n) is 10.3. The lowest BCUT2D eigenvalue weighted by atomic mass is 10.1. The van der Waals surface area contributed by atoms with E-state index < -0.39 is 9.84 Å². The third-order valence-corrected chi connectivity index (χ3v) is 6.06. The molecule has 2 N–H and O–H groups in total. The normalized spacial score (nSPS) is 11.8. The molecular formula is C25H23N5O2S. The van der Waals surface area contributed by atoms with Gasteiger partial charge in [-0.05, 0) is 42.3 Å². The molecule has 0 saturated carbocycles. The predicted octanol–water partition coefficient (Wildman–Crippen LogP) is 5.13. The lowest BCUT2D eigenvalue weighted by Crippen LogP contribution is -2.05. The van der Waals surface area contributed by atoms with E-state index >= 15 is 0 Å². The minimum atomic E-state index is -3.25. The molecule has 0 spiro atoms. The Morgan fingerprint density at radius 2 is 1.52 bits per heavy atom. The van der Waals surface area contributed by atoms with E-state index in [4.69, 9.17) is 0 Å². The second-order valence-electron chi connectivity index (χ2n) is 7.42. The van der Waals surface area contributed by atoms with Gasteiger partial charge in [0.2, 0.25) is 5.95 Å². The van der Waals surface area contributed by atoms with Gasteiger partial charge in [0.1, 0.15) is 0 Å². The second kappa shape index (κ2) is 9.62. The molecular weight excluding hydrogens is 434 g/mol. The van der Waals surface area contributed by atoms with Crippen LogP contribution in [0.1, 0.15) is 12.5 Å². The number of aromatic nitrogens is 2. The second-order valence-corrected chi connectivity index (χ2v) is 9.43. The van der Waals surface area contributed by atoms with Crippen LogP contribution in [0.3, 0.4) is 0 Å². The maximum absolute atomic E-state index is 11.7. The molecule has 166 valence electrons. The van der Waals surface area contributed by atoms with E-state index in [1.807, 2.05) is 67.6 Å². The van der Waals surface area contributed by atoms with Crippen LogP contribution >= 0.6 is 0 Å². The van der Waals surface area contributed by atoms with Crippen molar-refractivity contribution in [2.75, 3.05) is 17.0 Å². The first-order valence-corrected chi connectivity index (χ1v) is 12.1. The molecule has 33 heavy (non-hydrogen) atoms. The van der Waals surface area contributed by atoms with Gasteiger partial charge in [-0.1, -0.05) is 60.7 Å². The number of sulfone groups is 1. The predicted molar refractivity (Wildman–Crippen MR) is 133 cm³/mol. The average molecular weight is 458 g/mol. The smallest absolute Gasteiger partial charge is 0.229 e. The van der Waals surface area contributed by atoms with Gasteiger partial charge < -0.3 is 5.32 Å². The highest BCUT2D eigenvalue weighted by Gasteiger charge is 2.11. The fourth-order valence-electron chi connectivity index (χ4n) is 3.15. The number of nitrogens with zero attached hydrogens (tertiary/aromatic N) is 3. The number of anilines is 3. The minimum absolute atomic E-state index is 0.269. The molecule has 1 heterocycles. The van der Waals surface area contributed by atoms with E-state index in [0.29, 0.717) is 17.5 Å². The van der Waals surface area contributed by atoms with Crippen LogP contribution in [0.25, 0.3) is 11.1 Å². The SMILES string of the molecule is CC(=NNc1nc(Nc2ccccc2)ncc1-c1ccccc1)c1ccc(S(C)(=O)=O)cc1. The van der Waals surface area contributed by atoms with E-state index in [-0.39, 0.29) is 4.90 Å². The lowest BCUT2D eigenvalue weighted by Gasteiger charge is -2.12. The molecule has 7 nitrogen and oxygen atoms in total. The quantitative estimate of drug-likeness (QED) is 0.295. The summed E-state index contributed by atoms with van der Waals surface area (Å²) in [5, 5.41) is 7.69. The van der Waals surface area contributed by atoms with Crippen LogP contribution in [0.4, 0.5) is 17.5 Å². The zero-order valence-electron chi connectivity index (χ0n) is 18.2. The summed E-state index contributed by atoms with van der Waals surface area (Å²) in [6.45, 7) is 1.84. The average Bonchev–Trinajstić information content (AvgIpc) is 2.83. The van der Waals surface area contributed by atoms with Crippen molar-refractivity contribution in [3.8, 4) is 11.1 Å². The Morgan fingerprint density at radius 1 is 0.879 bits per heavy atom. The first kappa shape index (κ1) is 22.2. The van der Waals surface area contributed by atoms with Gasteiger partial charge in [0.25, 0.3) is 0 Å². The maximum Gasteiger partial charge on any atom is 0.229 e. The van der Waals surface area contributed by atoms with Crippen molar-refractivity contribution in [3.63, 3.8) is 0 Å². The van der Waals surface area contributed by atoms with Gasteiger partial charge in [-0.3, -0.25) is 5.43 Å². The lowest BCUT2D eigenvalue weighted by molar-refractivity contribution is 0.602. The molecule has 0 radical (unpaired) electrons. The molecule has 0 aliphatic carbocycles. The van der Waals surface area contributed by atoms with E-state index in [1.54, 1.807) is 30.5 Å². The molecule has 3 aromatic carbocycles. The fourth-order valence-corrected chi connectivity index (χ4v) is 3.78. The molecule has 0 bridgehead atoms. The van der Waals surface area contributed by atoms with Crippen molar-refractivity contribution in [3.05, 3.63) is 96.7 Å². The van der Waals surface area contributed by atoms with Gasteiger partial charge in [0, 0.05) is 23.7 Å². The van der Waals surface area contributed by atoms with E-state index in [0.717, 1.165) is 22.4 Å². The highest BCUT2D eigenvalue weighted by molar-refractivity contribution is 7.90. The van der Waals surface area contributed by atoms with Crippen molar-refractivity contribution >= 4 is 33.0 Å². The molecule has 1 aromatic heterocycles. The Balaban J connectivity index is 1.64. The molecule has 8 heteroatoms. The topological polar surface area (TPSA) is 96.3 Å². The number of hydrogen-bond acceptors (Lipinski definition) is 7. The number of rotatable bonds is 7. The van der Waals surface area contributed by atoms with Crippen LogP contribution < -0.4 is 10.7 Å². The summed E-state index contributed by atoms with van der Waals surface area (Å²) < 4.78 is 23.4. The highest BCUT2D eigenvalue weighted by Crippen LogP contribution is 2.27. The van der Waals surface area contributed by atoms with Crippen LogP contribution in [0.15, 0.2) is 101 Å². The Labute approximate surface area is 193 Å². The van der Waals surface area contributed by atoms with Crippen molar-refractivity contribution in [2.45, 2.75) is 11.8 Å². The zero-order valence-corrected chi connectivity index (χ0v) is 19.0. The Kier molecular flexibility index (Phi) is 6.46. The maximum atomic E-state index is 11.7. The summed E-state index contributed by atoms with van der Waals surface area (Å²) in [6, 6.07) is 26.1. The van der Waals surface area contributed by atoms with Gasteiger partial charge in [-0.2, -0.15) is 10.1 Å². The van der Waals surface area contributed by atoms with Crippen LogP contribution in [0.5, 0.6) is 0 Å². The first-order chi connectivity index (χ1) is 15.9. The standard InChI is InChI=1S/C25H23N5O2S/c1-18(19-13-15-22(16-14-19)33(2,31)32)29-30-24-23(20-9-5-3-6-10-20)17-26-25(28-24)27-21-11-7-4-8-12-21/h3-17H,1-2H3,(H2,26,27,28,30). The number of hydrazone groups is 1. The molecule has 0 unspecified atom stereocenters. The van der Waals surface area contributed by atoms with Crippen molar-refractivity contribution in [1.29, 1.82) is 0 Å². The number of benzene rings is 3. The molecule has 0 aliphatic heterocycles. The van der Waals surface area contributed by atoms with Crippen molar-refractivity contribution < 1.29 is 8.42 Å². The van der Waals surface area contributed by atoms with Gasteiger partial charge in [0.15, 0.2) is 15.7 Å². The van der Waals surface area contributed by atoms with Crippen molar-refractivity contribution in [1.82, 2.24) is 9.97 Å². The minimum Gasteiger partial charge on any atom is -0.324 e. The summed E-state index contributed by atoms with van der Waals surface area (Å²) in [6.07, 6.45) is 2.94. The van der Waals surface area contributed by atoms with Gasteiger partial charge >= 0.3 is 0 Å². The number of nitrogens with one attached hydrogen (secondary N) is 2. The zero-order chi connectivity index (χ0) is 23.3. The van der Waals surface area contributed by atoms with Gasteiger partial charge in [-0.25, -0.2) is 13.4 Å². The van der Waals surface area contributed by atoms with E-state index in [1.165, 1.54) is 6.26 Å². The molecule has 4 aromatic rings. The molecule has 0 fully saturated rings.